The number of fused-ring (bicyclic) bond motifs is 1. The highest BCUT2D eigenvalue weighted by molar-refractivity contribution is 8.01. The van der Waals surface area contributed by atoms with Gasteiger partial charge in [-0.15, -0.1) is 23.1 Å². The van der Waals surface area contributed by atoms with Gasteiger partial charge in [-0.25, -0.2) is 14.5 Å². The fraction of sp³-hybridized carbons (Fsp3) is 0.333. The van der Waals surface area contributed by atoms with Crippen LogP contribution in [0.25, 0.3) is 0 Å². The van der Waals surface area contributed by atoms with E-state index in [-0.39, 0.29) is 28.2 Å². The van der Waals surface area contributed by atoms with E-state index in [9.17, 15) is 24.3 Å². The monoisotopic (exact) mass is 554 g/mol. The van der Waals surface area contributed by atoms with E-state index in [1.54, 1.807) is 7.05 Å². The Kier molecular flexibility index (Phi) is 7.45. The third kappa shape index (κ3) is 5.14. The van der Waals surface area contributed by atoms with Crippen molar-refractivity contribution < 1.29 is 29.1 Å². The normalized spacial score (nSPS) is 19.4. The van der Waals surface area contributed by atoms with E-state index in [4.69, 9.17) is 15.3 Å². The van der Waals surface area contributed by atoms with Gasteiger partial charge in [0.15, 0.2) is 16.0 Å². The average molecular weight is 555 g/mol. The zero-order valence-corrected chi connectivity index (χ0v) is 21.1. The molecule has 2 amide bonds. The number of carbonyl (C=O) groups is 3. The summed E-state index contributed by atoms with van der Waals surface area (Å²) in [5, 5.41) is 20.9. The Hall–Kier alpha value is -3.64. The number of nitrogen functional groups attached to an aromatic ring is 1. The summed E-state index contributed by atoms with van der Waals surface area (Å²) in [4.78, 5) is 62.5. The summed E-state index contributed by atoms with van der Waals surface area (Å²) in [6.45, 7) is 0. The number of hydrogen-bond donors (Lipinski definition) is 3. The number of aryl methyl sites for hydroxylation is 1. The molecule has 0 radical (unpaired) electrons. The number of aromatic nitrogens is 4. The van der Waals surface area contributed by atoms with Crippen LogP contribution in [0.4, 0.5) is 9.93 Å². The number of rotatable bonds is 8. The number of amides is 2. The van der Waals surface area contributed by atoms with Crippen molar-refractivity contribution in [2.75, 3.05) is 24.3 Å². The molecule has 36 heavy (non-hydrogen) atoms. The van der Waals surface area contributed by atoms with Gasteiger partial charge in [0.05, 0.1) is 0 Å². The molecule has 0 bridgehead atoms. The maximum Gasteiger partial charge on any atom is 0.512 e. The van der Waals surface area contributed by atoms with Gasteiger partial charge >= 0.3 is 6.16 Å². The summed E-state index contributed by atoms with van der Waals surface area (Å²) < 4.78 is 6.35. The number of nitrogens with two attached hydrogens (primary N) is 1. The Bertz CT molecular complexity index is 1340. The van der Waals surface area contributed by atoms with E-state index in [2.05, 4.69) is 25.5 Å². The number of β-lactam (4-membered cyclic amide) rings is 1. The molecule has 18 heteroatoms. The SMILES string of the molecule is CO/N=C(\C(=O)N[C@@H]1C(=O)N2C(OC(=O)O)=C(CSc3nc(=O)cnn3C)CS[C@H]12)c1csc(N)n1. The predicted octanol–water partition coefficient (Wildman–Crippen LogP) is -0.337. The molecular weight excluding hydrogens is 536 g/mol. The number of nitrogens with zero attached hydrogens (tertiary/aromatic N) is 6. The Balaban J connectivity index is 1.52. The minimum absolute atomic E-state index is 0.138. The second kappa shape index (κ2) is 10.5. The van der Waals surface area contributed by atoms with Gasteiger partial charge in [-0.2, -0.15) is 10.1 Å². The van der Waals surface area contributed by atoms with Gasteiger partial charge in [0.1, 0.15) is 30.4 Å². The summed E-state index contributed by atoms with van der Waals surface area (Å²) in [5.41, 5.74) is 5.63. The summed E-state index contributed by atoms with van der Waals surface area (Å²) >= 11 is 3.56. The first-order valence-corrected chi connectivity index (χ1v) is 12.8. The highest BCUT2D eigenvalue weighted by Crippen LogP contribution is 2.41. The Labute approximate surface area is 214 Å². The fourth-order valence-corrected chi connectivity index (χ4v) is 6.19. The summed E-state index contributed by atoms with van der Waals surface area (Å²) in [7, 11) is 2.87. The highest BCUT2D eigenvalue weighted by Gasteiger charge is 2.54. The second-order valence-corrected chi connectivity index (χ2v) is 10.1. The van der Waals surface area contributed by atoms with Crippen molar-refractivity contribution in [2.24, 2.45) is 12.2 Å². The molecule has 4 heterocycles. The molecule has 1 saturated heterocycles. The molecular formula is C18H18N8O7S3. The van der Waals surface area contributed by atoms with Crippen molar-refractivity contribution in [3.05, 3.63) is 39.1 Å². The molecule has 2 aliphatic rings. The van der Waals surface area contributed by atoms with Gasteiger partial charge in [0, 0.05) is 29.5 Å². The smallest absolute Gasteiger partial charge is 0.449 e. The van der Waals surface area contributed by atoms with Crippen LogP contribution in [0.15, 0.2) is 38.1 Å². The van der Waals surface area contributed by atoms with Crippen molar-refractivity contribution in [1.29, 1.82) is 0 Å². The third-order valence-electron chi connectivity index (χ3n) is 4.83. The van der Waals surface area contributed by atoms with Gasteiger partial charge in [-0.05, 0) is 0 Å². The Morgan fingerprint density at radius 1 is 1.39 bits per heavy atom. The highest BCUT2D eigenvalue weighted by atomic mass is 32.2. The molecule has 0 unspecified atom stereocenters. The molecule has 2 aromatic heterocycles. The maximum atomic E-state index is 13.0. The Morgan fingerprint density at radius 3 is 2.83 bits per heavy atom. The summed E-state index contributed by atoms with van der Waals surface area (Å²) in [5.74, 6) is -0.936. The minimum Gasteiger partial charge on any atom is -0.449 e. The summed E-state index contributed by atoms with van der Waals surface area (Å²) in [6.07, 6.45) is -0.524. The van der Waals surface area contributed by atoms with Crippen LogP contribution in [0.3, 0.4) is 0 Å². The molecule has 15 nitrogen and oxygen atoms in total. The number of anilines is 1. The lowest BCUT2D eigenvalue weighted by Gasteiger charge is -2.49. The van der Waals surface area contributed by atoms with Crippen LogP contribution in [0.5, 0.6) is 0 Å². The predicted molar refractivity (Wildman–Crippen MR) is 129 cm³/mol. The molecule has 0 saturated carbocycles. The number of ether oxygens (including phenoxy) is 1. The van der Waals surface area contributed by atoms with Crippen molar-refractivity contribution >= 4 is 63.7 Å². The molecule has 0 spiro atoms. The van der Waals surface area contributed by atoms with Gasteiger partial charge in [-0.3, -0.25) is 19.3 Å². The molecule has 4 N–H and O–H groups in total. The lowest BCUT2D eigenvalue weighted by atomic mass is 10.1. The molecule has 2 aromatic rings. The van der Waals surface area contributed by atoms with Gasteiger partial charge in [-0.1, -0.05) is 16.9 Å². The van der Waals surface area contributed by atoms with Crippen LogP contribution in [0.1, 0.15) is 5.69 Å². The van der Waals surface area contributed by atoms with E-state index >= 15 is 0 Å². The van der Waals surface area contributed by atoms with E-state index in [0.29, 0.717) is 16.5 Å². The van der Waals surface area contributed by atoms with Crippen LogP contribution in [-0.2, 0) is 26.2 Å². The van der Waals surface area contributed by atoms with Crippen LogP contribution in [-0.4, -0.2) is 83.5 Å². The molecule has 1 fully saturated rings. The molecule has 190 valence electrons. The van der Waals surface area contributed by atoms with Gasteiger partial charge in [0.2, 0.25) is 5.88 Å². The van der Waals surface area contributed by atoms with Crippen LogP contribution in [0, 0.1) is 0 Å². The van der Waals surface area contributed by atoms with E-state index in [1.165, 1.54) is 33.8 Å². The molecule has 0 aromatic carbocycles. The maximum absolute atomic E-state index is 13.0. The van der Waals surface area contributed by atoms with Crippen LogP contribution < -0.4 is 16.6 Å². The molecule has 2 aliphatic heterocycles. The Morgan fingerprint density at radius 2 is 2.17 bits per heavy atom. The number of hydrogen-bond acceptors (Lipinski definition) is 14. The zero-order valence-electron chi connectivity index (χ0n) is 18.6. The van der Waals surface area contributed by atoms with Crippen molar-refractivity contribution in [2.45, 2.75) is 16.6 Å². The fourth-order valence-electron chi connectivity index (χ4n) is 3.27. The third-order valence-corrected chi connectivity index (χ3v) is 7.95. The lowest BCUT2D eigenvalue weighted by Crippen LogP contribution is -2.70. The standard InChI is InChI=1S/C18H18N8O7S3/c1-25-17(22-9(27)3-20-25)36-5-7-4-34-15-11(13(29)26(15)14(7)33-18(30)31)23-12(28)10(24-32-2)8-6-35-16(19)21-8/h3,6,11,15H,4-5H2,1-2H3,(H2,19,21)(H,23,28)(H,30,31)/b24-10-/t11-,15-/m1/s1. The van der Waals surface area contributed by atoms with Crippen LogP contribution in [0.2, 0.25) is 0 Å². The van der Waals surface area contributed by atoms with E-state index in [0.717, 1.165) is 29.3 Å². The largest absolute Gasteiger partial charge is 0.512 e. The first kappa shape index (κ1) is 25.5. The van der Waals surface area contributed by atoms with E-state index < -0.39 is 34.9 Å². The quantitative estimate of drug-likeness (QED) is 0.126. The number of nitrogens with one attached hydrogen (secondary N) is 1. The molecule has 0 aliphatic carbocycles. The number of carbonyl (C=O) groups excluding carboxylic acids is 2. The first-order chi connectivity index (χ1) is 17.2. The second-order valence-electron chi connectivity index (χ2n) is 7.12. The van der Waals surface area contributed by atoms with Crippen molar-refractivity contribution in [3.8, 4) is 0 Å². The average Bonchev–Trinajstić information content (AvgIpc) is 3.26. The van der Waals surface area contributed by atoms with Crippen molar-refractivity contribution in [1.82, 2.24) is 30.0 Å². The van der Waals surface area contributed by atoms with Gasteiger partial charge in [0.25, 0.3) is 17.4 Å². The minimum atomic E-state index is -1.60. The van der Waals surface area contributed by atoms with Crippen molar-refractivity contribution in [3.63, 3.8) is 0 Å². The van der Waals surface area contributed by atoms with E-state index in [1.807, 2.05) is 0 Å². The first-order valence-electron chi connectivity index (χ1n) is 9.93. The van der Waals surface area contributed by atoms with Crippen LogP contribution >= 0.6 is 34.9 Å². The number of thioether (sulfide) groups is 2. The molecule has 2 atom stereocenters. The topological polar surface area (TPSA) is 204 Å². The summed E-state index contributed by atoms with van der Waals surface area (Å²) in [6, 6.07) is -0.969. The zero-order chi connectivity index (χ0) is 26.0. The van der Waals surface area contributed by atoms with Gasteiger partial charge < -0.3 is 25.7 Å². The number of oxime groups is 1. The number of carboxylic acid groups (broad SMARTS) is 1. The lowest BCUT2D eigenvalue weighted by molar-refractivity contribution is -0.148. The number of thiazole rings is 1. The molecule has 4 rings (SSSR count).